The van der Waals surface area contributed by atoms with Crippen LogP contribution in [0.3, 0.4) is 0 Å². The number of benzene rings is 3. The van der Waals surface area contributed by atoms with Crippen LogP contribution in [0.25, 0.3) is 6.08 Å². The highest BCUT2D eigenvalue weighted by atomic mass is 32.2. The number of nitrogens with zero attached hydrogens (tertiary/aromatic N) is 1. The van der Waals surface area contributed by atoms with Crippen LogP contribution in [-0.4, -0.2) is 40.8 Å². The molecular formula is C28H25N3O5S2. The Hall–Kier alpha value is -4.15. The van der Waals surface area contributed by atoms with Gasteiger partial charge >= 0.3 is 0 Å². The molecule has 38 heavy (non-hydrogen) atoms. The number of rotatable bonds is 9. The maximum absolute atomic E-state index is 12.9. The van der Waals surface area contributed by atoms with Crippen molar-refractivity contribution in [2.24, 2.45) is 0 Å². The summed E-state index contributed by atoms with van der Waals surface area (Å²) in [7, 11) is 1.49. The monoisotopic (exact) mass is 547 g/mol. The number of thiocarbonyl (C=S) groups is 1. The van der Waals surface area contributed by atoms with E-state index in [1.165, 1.54) is 12.7 Å². The van der Waals surface area contributed by atoms with Crippen LogP contribution in [0.4, 0.5) is 5.69 Å². The smallest absolute Gasteiger partial charge is 0.285 e. The first-order chi connectivity index (χ1) is 18.4. The van der Waals surface area contributed by atoms with Gasteiger partial charge in [0.2, 0.25) is 0 Å². The highest BCUT2D eigenvalue weighted by molar-refractivity contribution is 8.26. The van der Waals surface area contributed by atoms with Gasteiger partial charge in [0.05, 0.1) is 12.0 Å². The summed E-state index contributed by atoms with van der Waals surface area (Å²) in [4.78, 5) is 38.0. The molecule has 0 aliphatic carbocycles. The fourth-order valence-corrected chi connectivity index (χ4v) is 4.71. The summed E-state index contributed by atoms with van der Waals surface area (Å²) >= 11 is 6.37. The Morgan fingerprint density at radius 1 is 1.03 bits per heavy atom. The number of nitrogens with one attached hydrogen (secondary N) is 2. The van der Waals surface area contributed by atoms with Crippen LogP contribution in [0.5, 0.6) is 11.5 Å². The average Bonchev–Trinajstić information content (AvgIpc) is 3.20. The molecule has 0 spiro atoms. The van der Waals surface area contributed by atoms with Crippen molar-refractivity contribution in [1.29, 1.82) is 0 Å². The molecule has 8 nitrogen and oxygen atoms in total. The molecule has 0 saturated carbocycles. The minimum absolute atomic E-state index is 0.203. The molecule has 0 unspecified atom stereocenters. The molecular weight excluding hydrogens is 522 g/mol. The van der Waals surface area contributed by atoms with Crippen molar-refractivity contribution >= 4 is 57.8 Å². The van der Waals surface area contributed by atoms with Gasteiger partial charge < -0.3 is 14.8 Å². The molecule has 0 radical (unpaired) electrons. The maximum atomic E-state index is 12.9. The standard InChI is InChI=1S/C28H25N3O5S2/c1-3-18-9-12-21(13-10-18)29-25(32)17-36-22-14-11-19(15-23(22)35-2)16-24-27(34)31(28(37)38-24)30-26(33)20-7-5-4-6-8-20/h4-16H,3,17H2,1-2H3,(H,29,32)(H,30,33)/b24-16-. The molecule has 1 aliphatic rings. The van der Waals surface area contributed by atoms with Crippen LogP contribution in [0, 0.1) is 0 Å². The summed E-state index contributed by atoms with van der Waals surface area (Å²) < 4.78 is 11.3. The number of methoxy groups -OCH3 is 1. The Labute approximate surface area is 230 Å². The van der Waals surface area contributed by atoms with Gasteiger partial charge in [0.1, 0.15) is 0 Å². The largest absolute Gasteiger partial charge is 0.493 e. The minimum Gasteiger partial charge on any atom is -0.493 e. The summed E-state index contributed by atoms with van der Waals surface area (Å²) in [6.07, 6.45) is 2.57. The summed E-state index contributed by atoms with van der Waals surface area (Å²) in [6, 6.07) is 21.2. The first-order valence-electron chi connectivity index (χ1n) is 11.7. The SMILES string of the molecule is CCc1ccc(NC(=O)COc2ccc(/C=C3\SC(=S)N(NC(=O)c4ccccc4)C3=O)cc2OC)cc1. The molecule has 1 aliphatic heterocycles. The molecule has 0 atom stereocenters. The fraction of sp³-hybridized carbons (Fsp3) is 0.143. The van der Waals surface area contributed by atoms with Crippen molar-refractivity contribution < 1.29 is 23.9 Å². The Bertz CT molecular complexity index is 1390. The molecule has 10 heteroatoms. The molecule has 4 rings (SSSR count). The predicted octanol–water partition coefficient (Wildman–Crippen LogP) is 4.82. The summed E-state index contributed by atoms with van der Waals surface area (Å²) in [5.74, 6) is -0.405. The number of hydrogen-bond donors (Lipinski definition) is 2. The summed E-state index contributed by atoms with van der Waals surface area (Å²) in [5.41, 5.74) is 5.49. The average molecular weight is 548 g/mol. The van der Waals surface area contributed by atoms with Gasteiger partial charge in [-0.15, -0.1) is 0 Å². The molecule has 1 fully saturated rings. The van der Waals surface area contributed by atoms with Gasteiger partial charge in [0.15, 0.2) is 22.4 Å². The zero-order valence-electron chi connectivity index (χ0n) is 20.7. The van der Waals surface area contributed by atoms with Crippen LogP contribution in [0.15, 0.2) is 77.7 Å². The summed E-state index contributed by atoms with van der Waals surface area (Å²) in [5, 5.41) is 3.86. The number of carbonyl (C=O) groups excluding carboxylic acids is 3. The lowest BCUT2D eigenvalue weighted by atomic mass is 10.1. The number of thioether (sulfide) groups is 1. The number of carbonyl (C=O) groups is 3. The maximum Gasteiger partial charge on any atom is 0.285 e. The molecule has 2 N–H and O–H groups in total. The van der Waals surface area contributed by atoms with Crippen molar-refractivity contribution in [2.45, 2.75) is 13.3 Å². The number of hydrogen-bond acceptors (Lipinski definition) is 7. The molecule has 0 bridgehead atoms. The normalized spacial score (nSPS) is 13.9. The van der Waals surface area contributed by atoms with Gasteiger partial charge in [-0.25, -0.2) is 0 Å². The number of anilines is 1. The molecule has 0 aromatic heterocycles. The second kappa shape index (κ2) is 12.4. The molecule has 1 saturated heterocycles. The molecule has 1 heterocycles. The van der Waals surface area contributed by atoms with Gasteiger partial charge in [-0.05, 0) is 72.2 Å². The quantitative estimate of drug-likeness (QED) is 0.293. The van der Waals surface area contributed by atoms with E-state index in [2.05, 4.69) is 17.7 Å². The van der Waals surface area contributed by atoms with E-state index in [1.54, 1.807) is 54.6 Å². The third kappa shape index (κ3) is 6.58. The Kier molecular flexibility index (Phi) is 8.77. The first-order valence-corrected chi connectivity index (χ1v) is 12.9. The molecule has 194 valence electrons. The van der Waals surface area contributed by atoms with Crippen LogP contribution in [0.2, 0.25) is 0 Å². The van der Waals surface area contributed by atoms with E-state index in [0.717, 1.165) is 23.2 Å². The topological polar surface area (TPSA) is 97.0 Å². The van der Waals surface area contributed by atoms with Crippen molar-refractivity contribution in [3.05, 3.63) is 94.4 Å². The van der Waals surface area contributed by atoms with Gasteiger partial charge in [-0.1, -0.05) is 55.1 Å². The third-order valence-electron chi connectivity index (χ3n) is 5.53. The van der Waals surface area contributed by atoms with E-state index >= 15 is 0 Å². The lowest BCUT2D eigenvalue weighted by Crippen LogP contribution is -2.44. The van der Waals surface area contributed by atoms with E-state index in [1.807, 2.05) is 24.3 Å². The lowest BCUT2D eigenvalue weighted by Gasteiger charge is -2.15. The van der Waals surface area contributed by atoms with E-state index in [9.17, 15) is 14.4 Å². The van der Waals surface area contributed by atoms with Crippen molar-refractivity contribution in [1.82, 2.24) is 10.4 Å². The third-order valence-corrected chi connectivity index (χ3v) is 6.84. The minimum atomic E-state index is -0.438. The Morgan fingerprint density at radius 3 is 2.45 bits per heavy atom. The molecule has 3 aromatic carbocycles. The molecule has 3 aromatic rings. The van der Waals surface area contributed by atoms with Crippen LogP contribution >= 0.6 is 24.0 Å². The fourth-order valence-electron chi connectivity index (χ4n) is 3.53. The number of aryl methyl sites for hydroxylation is 1. The Balaban J connectivity index is 1.39. The van der Waals surface area contributed by atoms with Crippen LogP contribution in [0.1, 0.15) is 28.4 Å². The second-order valence-corrected chi connectivity index (χ2v) is 9.80. The van der Waals surface area contributed by atoms with E-state index < -0.39 is 11.8 Å². The zero-order chi connectivity index (χ0) is 27.1. The zero-order valence-corrected chi connectivity index (χ0v) is 22.4. The van der Waals surface area contributed by atoms with Crippen molar-refractivity contribution in [3.8, 4) is 11.5 Å². The highest BCUT2D eigenvalue weighted by Gasteiger charge is 2.33. The van der Waals surface area contributed by atoms with E-state index in [-0.39, 0.29) is 16.8 Å². The lowest BCUT2D eigenvalue weighted by molar-refractivity contribution is -0.123. The first kappa shape index (κ1) is 26.9. The Morgan fingerprint density at radius 2 is 1.76 bits per heavy atom. The summed E-state index contributed by atoms with van der Waals surface area (Å²) in [6.45, 7) is 1.86. The number of ether oxygens (including phenoxy) is 2. The number of hydrazine groups is 1. The van der Waals surface area contributed by atoms with Gasteiger partial charge in [0, 0.05) is 11.3 Å². The van der Waals surface area contributed by atoms with Gasteiger partial charge in [-0.3, -0.25) is 19.8 Å². The van der Waals surface area contributed by atoms with Crippen molar-refractivity contribution in [2.75, 3.05) is 19.0 Å². The molecule has 3 amide bonds. The number of amides is 3. The van der Waals surface area contributed by atoms with Crippen molar-refractivity contribution in [3.63, 3.8) is 0 Å². The second-order valence-electron chi connectivity index (χ2n) is 8.12. The van der Waals surface area contributed by atoms with Crippen LogP contribution < -0.4 is 20.2 Å². The van der Waals surface area contributed by atoms with E-state index in [0.29, 0.717) is 33.2 Å². The van der Waals surface area contributed by atoms with E-state index in [4.69, 9.17) is 21.7 Å². The van der Waals surface area contributed by atoms with Gasteiger partial charge in [-0.2, -0.15) is 5.01 Å². The highest BCUT2D eigenvalue weighted by Crippen LogP contribution is 2.34. The predicted molar refractivity (Wildman–Crippen MR) is 152 cm³/mol. The van der Waals surface area contributed by atoms with Gasteiger partial charge in [0.25, 0.3) is 17.7 Å². The van der Waals surface area contributed by atoms with Crippen LogP contribution in [-0.2, 0) is 16.0 Å².